The summed E-state index contributed by atoms with van der Waals surface area (Å²) in [6, 6.07) is 5.03. The second-order valence-corrected chi connectivity index (χ2v) is 4.84. The molecule has 7 heteroatoms. The van der Waals surface area contributed by atoms with Crippen molar-refractivity contribution in [2.45, 2.75) is 12.5 Å². The Kier molecular flexibility index (Phi) is 4.50. The van der Waals surface area contributed by atoms with Crippen LogP contribution in [0, 0.1) is 0 Å². The summed E-state index contributed by atoms with van der Waals surface area (Å²) in [7, 11) is 2.43. The summed E-state index contributed by atoms with van der Waals surface area (Å²) < 4.78 is 9.19. The summed E-state index contributed by atoms with van der Waals surface area (Å²) in [5.41, 5.74) is 1.29. The minimum atomic E-state index is -1.38. The Balaban J connectivity index is 2.54. The molecular formula is C14H14ClNO5. The number of methoxy groups -OCH3 is 2. The summed E-state index contributed by atoms with van der Waals surface area (Å²) in [5.74, 6) is -1.36. The summed E-state index contributed by atoms with van der Waals surface area (Å²) in [4.78, 5) is 26.1. The predicted molar refractivity (Wildman–Crippen MR) is 76.4 cm³/mol. The van der Waals surface area contributed by atoms with Crippen LogP contribution in [0.3, 0.4) is 0 Å². The minimum Gasteiger partial charge on any atom is -0.467 e. The van der Waals surface area contributed by atoms with E-state index in [0.29, 0.717) is 21.5 Å². The molecule has 1 atom stereocenters. The van der Waals surface area contributed by atoms with Gasteiger partial charge in [-0.15, -0.1) is 0 Å². The van der Waals surface area contributed by atoms with Crippen molar-refractivity contribution in [3.8, 4) is 0 Å². The zero-order valence-electron chi connectivity index (χ0n) is 11.5. The number of hydrogen-bond acceptors (Lipinski definition) is 5. The third-order valence-electron chi connectivity index (χ3n) is 3.13. The van der Waals surface area contributed by atoms with Crippen LogP contribution in [0.2, 0.25) is 5.02 Å². The number of benzene rings is 1. The number of carbonyl (C=O) groups is 2. The maximum atomic E-state index is 11.8. The third-order valence-corrected chi connectivity index (χ3v) is 3.36. The van der Waals surface area contributed by atoms with Crippen LogP contribution in [0.5, 0.6) is 0 Å². The molecule has 0 aliphatic heterocycles. The number of nitrogens with one attached hydrogen (secondary N) is 1. The van der Waals surface area contributed by atoms with Crippen molar-refractivity contribution in [3.05, 3.63) is 34.5 Å². The zero-order chi connectivity index (χ0) is 15.6. The molecule has 1 unspecified atom stereocenters. The van der Waals surface area contributed by atoms with Gasteiger partial charge >= 0.3 is 11.9 Å². The number of H-pyrrole nitrogens is 1. The van der Waals surface area contributed by atoms with Crippen molar-refractivity contribution in [2.24, 2.45) is 0 Å². The first-order chi connectivity index (χ1) is 9.97. The second-order valence-electron chi connectivity index (χ2n) is 4.40. The van der Waals surface area contributed by atoms with Gasteiger partial charge in [-0.05, 0) is 23.8 Å². The first-order valence-corrected chi connectivity index (χ1v) is 6.50. The third kappa shape index (κ3) is 3.01. The topological polar surface area (TPSA) is 88.6 Å². The summed E-state index contributed by atoms with van der Waals surface area (Å²) in [6.45, 7) is 0. The molecule has 112 valence electrons. The SMILES string of the molecule is COC(=O)c1[nH]c2ccc(Cl)cc2c1CC(O)C(=O)OC. The standard InChI is InChI=1S/C14H14ClNO5/c1-20-13(18)11(17)6-9-8-5-7(15)3-4-10(8)16-12(9)14(19)21-2/h3-5,11,16-17H,6H2,1-2H3. The van der Waals surface area contributed by atoms with E-state index in [1.54, 1.807) is 18.2 Å². The van der Waals surface area contributed by atoms with Gasteiger partial charge in [0.05, 0.1) is 14.2 Å². The fraction of sp³-hybridized carbons (Fsp3) is 0.286. The molecule has 0 bridgehead atoms. The van der Waals surface area contributed by atoms with E-state index >= 15 is 0 Å². The Bertz CT molecular complexity index is 694. The molecule has 0 fully saturated rings. The molecule has 0 aliphatic rings. The van der Waals surface area contributed by atoms with E-state index in [1.165, 1.54) is 14.2 Å². The molecule has 0 radical (unpaired) electrons. The average molecular weight is 312 g/mol. The van der Waals surface area contributed by atoms with Gasteiger partial charge in [0.15, 0.2) is 6.10 Å². The van der Waals surface area contributed by atoms with Crippen LogP contribution >= 0.6 is 11.6 Å². The monoisotopic (exact) mass is 311 g/mol. The lowest BCUT2D eigenvalue weighted by atomic mass is 10.0. The molecule has 1 aromatic carbocycles. The van der Waals surface area contributed by atoms with Crippen LogP contribution in [0.25, 0.3) is 10.9 Å². The number of fused-ring (bicyclic) bond motifs is 1. The average Bonchev–Trinajstić information content (AvgIpc) is 2.83. The van der Waals surface area contributed by atoms with E-state index in [9.17, 15) is 14.7 Å². The second kappa shape index (κ2) is 6.15. The lowest BCUT2D eigenvalue weighted by Gasteiger charge is -2.09. The Morgan fingerprint density at radius 1 is 1.33 bits per heavy atom. The number of aliphatic hydroxyl groups is 1. The number of rotatable bonds is 4. The normalized spacial score (nSPS) is 12.2. The van der Waals surface area contributed by atoms with Gasteiger partial charge in [0.2, 0.25) is 0 Å². The van der Waals surface area contributed by atoms with Crippen molar-refractivity contribution in [3.63, 3.8) is 0 Å². The predicted octanol–water partition coefficient (Wildman–Crippen LogP) is 1.68. The van der Waals surface area contributed by atoms with E-state index in [0.717, 1.165) is 0 Å². The van der Waals surface area contributed by atoms with Crippen LogP contribution < -0.4 is 0 Å². The van der Waals surface area contributed by atoms with Gasteiger partial charge in [-0.3, -0.25) is 0 Å². The van der Waals surface area contributed by atoms with Crippen molar-refractivity contribution in [1.82, 2.24) is 4.98 Å². The number of aromatic nitrogens is 1. The highest BCUT2D eigenvalue weighted by Crippen LogP contribution is 2.27. The fourth-order valence-electron chi connectivity index (χ4n) is 2.12. The summed E-state index contributed by atoms with van der Waals surface area (Å²) >= 11 is 5.96. The zero-order valence-corrected chi connectivity index (χ0v) is 12.2. The molecule has 6 nitrogen and oxygen atoms in total. The lowest BCUT2D eigenvalue weighted by Crippen LogP contribution is -2.25. The van der Waals surface area contributed by atoms with E-state index in [4.69, 9.17) is 16.3 Å². The van der Waals surface area contributed by atoms with Gasteiger partial charge in [0.1, 0.15) is 5.69 Å². The quantitative estimate of drug-likeness (QED) is 0.839. The first-order valence-electron chi connectivity index (χ1n) is 6.12. The van der Waals surface area contributed by atoms with Crippen LogP contribution in [0.4, 0.5) is 0 Å². The van der Waals surface area contributed by atoms with Crippen LogP contribution in [-0.2, 0) is 20.7 Å². The number of ether oxygens (including phenoxy) is 2. The maximum absolute atomic E-state index is 11.8. The van der Waals surface area contributed by atoms with Crippen molar-refractivity contribution in [1.29, 1.82) is 0 Å². The van der Waals surface area contributed by atoms with Gasteiger partial charge in [-0.2, -0.15) is 0 Å². The molecule has 0 amide bonds. The summed E-state index contributed by atoms with van der Waals surface area (Å²) in [6.07, 6.45) is -1.46. The van der Waals surface area contributed by atoms with Crippen molar-refractivity contribution in [2.75, 3.05) is 14.2 Å². The van der Waals surface area contributed by atoms with E-state index in [2.05, 4.69) is 9.72 Å². The smallest absolute Gasteiger partial charge is 0.354 e. The molecule has 1 heterocycles. The molecule has 1 aromatic heterocycles. The van der Waals surface area contributed by atoms with Gasteiger partial charge in [0, 0.05) is 22.3 Å². The van der Waals surface area contributed by atoms with Crippen LogP contribution in [-0.4, -0.2) is 42.4 Å². The van der Waals surface area contributed by atoms with Gasteiger partial charge < -0.3 is 19.6 Å². The number of aromatic amines is 1. The Morgan fingerprint density at radius 2 is 2.05 bits per heavy atom. The molecule has 2 aromatic rings. The Morgan fingerprint density at radius 3 is 2.67 bits per heavy atom. The molecule has 0 saturated carbocycles. The van der Waals surface area contributed by atoms with Crippen molar-refractivity contribution < 1.29 is 24.2 Å². The Hall–Kier alpha value is -2.05. The molecule has 2 rings (SSSR count). The van der Waals surface area contributed by atoms with Crippen molar-refractivity contribution >= 4 is 34.4 Å². The highest BCUT2D eigenvalue weighted by molar-refractivity contribution is 6.31. The highest BCUT2D eigenvalue weighted by atomic mass is 35.5. The number of aliphatic hydroxyl groups excluding tert-OH is 1. The number of hydrogen-bond donors (Lipinski definition) is 2. The Labute approximate surface area is 125 Å². The molecular weight excluding hydrogens is 298 g/mol. The van der Waals surface area contributed by atoms with Gasteiger partial charge in [0.25, 0.3) is 0 Å². The molecule has 0 saturated heterocycles. The minimum absolute atomic E-state index is 0.0859. The highest BCUT2D eigenvalue weighted by Gasteiger charge is 2.24. The number of esters is 2. The van der Waals surface area contributed by atoms with E-state index in [1.807, 2.05) is 0 Å². The largest absolute Gasteiger partial charge is 0.467 e. The molecule has 2 N–H and O–H groups in total. The lowest BCUT2D eigenvalue weighted by molar-refractivity contribution is -0.150. The molecule has 0 spiro atoms. The molecule has 0 aliphatic carbocycles. The van der Waals surface area contributed by atoms with Gasteiger partial charge in [-0.25, -0.2) is 9.59 Å². The number of carbonyl (C=O) groups excluding carboxylic acids is 2. The summed E-state index contributed by atoms with van der Waals surface area (Å²) in [5, 5.41) is 10.9. The van der Waals surface area contributed by atoms with Crippen LogP contribution in [0.15, 0.2) is 18.2 Å². The van der Waals surface area contributed by atoms with E-state index < -0.39 is 18.0 Å². The van der Waals surface area contributed by atoms with Crippen LogP contribution in [0.1, 0.15) is 16.1 Å². The maximum Gasteiger partial charge on any atom is 0.354 e. The molecule has 21 heavy (non-hydrogen) atoms. The van der Waals surface area contributed by atoms with E-state index in [-0.39, 0.29) is 12.1 Å². The van der Waals surface area contributed by atoms with Gasteiger partial charge in [-0.1, -0.05) is 11.6 Å². The number of halogens is 1. The first kappa shape index (κ1) is 15.3. The fourth-order valence-corrected chi connectivity index (χ4v) is 2.29.